The first-order valence-corrected chi connectivity index (χ1v) is 7.76. The lowest BCUT2D eigenvalue weighted by Gasteiger charge is -2.09. The highest BCUT2D eigenvalue weighted by molar-refractivity contribution is 7.80. The zero-order valence-corrected chi connectivity index (χ0v) is 14.2. The van der Waals surface area contributed by atoms with Crippen LogP contribution in [0.4, 0.5) is 15.8 Å². The minimum Gasteiger partial charge on any atom is -0.332 e. The van der Waals surface area contributed by atoms with Crippen molar-refractivity contribution in [3.05, 3.63) is 66.0 Å². The summed E-state index contributed by atoms with van der Waals surface area (Å²) in [5.41, 5.74) is 2.03. The van der Waals surface area contributed by atoms with Gasteiger partial charge in [0, 0.05) is 24.4 Å². The molecule has 3 N–H and O–H groups in total. The van der Waals surface area contributed by atoms with Crippen LogP contribution in [0.25, 0.3) is 6.08 Å². The van der Waals surface area contributed by atoms with E-state index in [0.717, 1.165) is 0 Å². The summed E-state index contributed by atoms with van der Waals surface area (Å²) in [7, 11) is 0. The van der Waals surface area contributed by atoms with E-state index >= 15 is 0 Å². The Hall–Kier alpha value is -3.06. The van der Waals surface area contributed by atoms with Gasteiger partial charge in [0.1, 0.15) is 5.82 Å². The molecule has 0 aliphatic carbocycles. The number of benzene rings is 2. The molecule has 25 heavy (non-hydrogen) atoms. The van der Waals surface area contributed by atoms with Gasteiger partial charge in [0.15, 0.2) is 5.11 Å². The van der Waals surface area contributed by atoms with Gasteiger partial charge in [-0.25, -0.2) is 4.39 Å². The maximum absolute atomic E-state index is 12.8. The molecule has 0 bridgehead atoms. The Kier molecular flexibility index (Phi) is 6.36. The van der Waals surface area contributed by atoms with E-state index < -0.39 is 5.91 Å². The van der Waals surface area contributed by atoms with Crippen LogP contribution >= 0.6 is 12.2 Å². The van der Waals surface area contributed by atoms with Crippen molar-refractivity contribution < 1.29 is 14.0 Å². The van der Waals surface area contributed by atoms with E-state index in [1.165, 1.54) is 25.1 Å². The summed E-state index contributed by atoms with van der Waals surface area (Å²) in [5, 5.41) is 8.16. The second-order valence-electron chi connectivity index (χ2n) is 5.09. The third-order valence-electron chi connectivity index (χ3n) is 3.00. The lowest BCUT2D eigenvalue weighted by molar-refractivity contribution is -0.115. The fourth-order valence-electron chi connectivity index (χ4n) is 1.90. The number of amides is 2. The van der Waals surface area contributed by atoms with Gasteiger partial charge in [-0.05, 0) is 60.3 Å². The largest absolute Gasteiger partial charge is 0.332 e. The average molecular weight is 357 g/mol. The fraction of sp³-hybridized carbons (Fsp3) is 0.0556. The highest BCUT2D eigenvalue weighted by atomic mass is 32.1. The number of carbonyl (C=O) groups is 2. The van der Waals surface area contributed by atoms with Crippen LogP contribution in [0.1, 0.15) is 12.5 Å². The molecule has 0 radical (unpaired) electrons. The van der Waals surface area contributed by atoms with E-state index in [4.69, 9.17) is 12.2 Å². The zero-order valence-electron chi connectivity index (χ0n) is 13.4. The van der Waals surface area contributed by atoms with Crippen LogP contribution in [0.15, 0.2) is 54.6 Å². The number of nitrogens with one attached hydrogen (secondary N) is 3. The molecule has 0 aliphatic heterocycles. The Balaban J connectivity index is 1.85. The number of rotatable bonds is 4. The van der Waals surface area contributed by atoms with Crippen molar-refractivity contribution in [1.29, 1.82) is 0 Å². The number of hydrogen-bond donors (Lipinski definition) is 3. The van der Waals surface area contributed by atoms with E-state index in [-0.39, 0.29) is 16.8 Å². The zero-order chi connectivity index (χ0) is 18.2. The summed E-state index contributed by atoms with van der Waals surface area (Å²) in [6, 6.07) is 12.6. The molecule has 0 atom stereocenters. The molecule has 0 spiro atoms. The summed E-state index contributed by atoms with van der Waals surface area (Å²) in [5.74, 6) is -0.898. The highest BCUT2D eigenvalue weighted by Gasteiger charge is 2.02. The van der Waals surface area contributed by atoms with Gasteiger partial charge in [-0.1, -0.05) is 12.1 Å². The van der Waals surface area contributed by atoms with E-state index in [9.17, 15) is 14.0 Å². The van der Waals surface area contributed by atoms with Gasteiger partial charge in [0.05, 0.1) is 0 Å². The first-order chi connectivity index (χ1) is 11.9. The Morgan fingerprint density at radius 1 is 0.960 bits per heavy atom. The highest BCUT2D eigenvalue weighted by Crippen LogP contribution is 2.13. The molecule has 0 fully saturated rings. The second kappa shape index (κ2) is 8.70. The van der Waals surface area contributed by atoms with Crippen LogP contribution in [0, 0.1) is 5.82 Å². The van der Waals surface area contributed by atoms with Crippen molar-refractivity contribution in [3.8, 4) is 0 Å². The molecule has 0 unspecified atom stereocenters. The van der Waals surface area contributed by atoms with Gasteiger partial charge in [-0.15, -0.1) is 0 Å². The third kappa shape index (κ3) is 6.52. The predicted molar refractivity (Wildman–Crippen MR) is 101 cm³/mol. The minimum absolute atomic E-state index is 0.140. The van der Waals surface area contributed by atoms with Crippen molar-refractivity contribution >= 4 is 46.6 Å². The van der Waals surface area contributed by atoms with Gasteiger partial charge in [0.2, 0.25) is 11.8 Å². The quantitative estimate of drug-likeness (QED) is 0.580. The summed E-state index contributed by atoms with van der Waals surface area (Å²) >= 11 is 5.07. The van der Waals surface area contributed by atoms with Crippen LogP contribution in [-0.2, 0) is 9.59 Å². The number of thiocarbonyl (C=S) groups is 1. The van der Waals surface area contributed by atoms with Gasteiger partial charge in [-0.3, -0.25) is 14.9 Å². The molecule has 2 aromatic carbocycles. The molecule has 5 nitrogen and oxygen atoms in total. The molecular formula is C18H16FN3O2S. The Morgan fingerprint density at radius 3 is 2.08 bits per heavy atom. The summed E-state index contributed by atoms with van der Waals surface area (Å²) in [4.78, 5) is 22.8. The van der Waals surface area contributed by atoms with E-state index in [1.54, 1.807) is 42.5 Å². The van der Waals surface area contributed by atoms with Crippen molar-refractivity contribution in [3.63, 3.8) is 0 Å². The molecule has 0 heterocycles. The molecular weight excluding hydrogens is 341 g/mol. The van der Waals surface area contributed by atoms with Crippen LogP contribution < -0.4 is 16.0 Å². The summed E-state index contributed by atoms with van der Waals surface area (Å²) in [6.07, 6.45) is 2.86. The van der Waals surface area contributed by atoms with Crippen LogP contribution in [0.3, 0.4) is 0 Å². The van der Waals surface area contributed by atoms with Gasteiger partial charge < -0.3 is 10.6 Å². The SMILES string of the molecule is CC(=O)Nc1ccc(NC(=S)NC(=O)/C=C/c2ccc(F)cc2)cc1. The summed E-state index contributed by atoms with van der Waals surface area (Å²) < 4.78 is 12.8. The summed E-state index contributed by atoms with van der Waals surface area (Å²) in [6.45, 7) is 1.43. The Morgan fingerprint density at radius 2 is 1.52 bits per heavy atom. The predicted octanol–water partition coefficient (Wildman–Crippen LogP) is 3.31. The van der Waals surface area contributed by atoms with Crippen molar-refractivity contribution in [2.24, 2.45) is 0 Å². The van der Waals surface area contributed by atoms with Crippen molar-refractivity contribution in [2.75, 3.05) is 10.6 Å². The first kappa shape index (κ1) is 18.3. The number of halogens is 1. The Labute approximate surface area is 149 Å². The van der Waals surface area contributed by atoms with E-state index in [0.29, 0.717) is 16.9 Å². The maximum atomic E-state index is 12.8. The maximum Gasteiger partial charge on any atom is 0.250 e. The number of hydrogen-bond acceptors (Lipinski definition) is 3. The standard InChI is InChI=1S/C18H16FN3O2S/c1-12(23)20-15-7-9-16(10-8-15)21-18(25)22-17(24)11-4-13-2-5-14(19)6-3-13/h2-11H,1H3,(H,20,23)(H2,21,22,24,25)/b11-4+. The molecule has 0 aromatic heterocycles. The minimum atomic E-state index is -0.406. The molecule has 2 rings (SSSR count). The second-order valence-corrected chi connectivity index (χ2v) is 5.50. The van der Waals surface area contributed by atoms with Crippen LogP contribution in [-0.4, -0.2) is 16.9 Å². The monoisotopic (exact) mass is 357 g/mol. The van der Waals surface area contributed by atoms with E-state index in [2.05, 4.69) is 16.0 Å². The van der Waals surface area contributed by atoms with Crippen molar-refractivity contribution in [1.82, 2.24) is 5.32 Å². The molecule has 128 valence electrons. The molecule has 0 saturated heterocycles. The lowest BCUT2D eigenvalue weighted by atomic mass is 10.2. The van der Waals surface area contributed by atoms with Crippen LogP contribution in [0.5, 0.6) is 0 Å². The normalized spacial score (nSPS) is 10.3. The molecule has 0 saturated carbocycles. The smallest absolute Gasteiger partial charge is 0.250 e. The molecule has 2 amide bonds. The third-order valence-corrected chi connectivity index (χ3v) is 3.20. The average Bonchev–Trinajstić information content (AvgIpc) is 2.55. The van der Waals surface area contributed by atoms with Gasteiger partial charge in [0.25, 0.3) is 0 Å². The fourth-order valence-corrected chi connectivity index (χ4v) is 2.12. The lowest BCUT2D eigenvalue weighted by Crippen LogP contribution is -2.32. The van der Waals surface area contributed by atoms with Gasteiger partial charge in [-0.2, -0.15) is 0 Å². The molecule has 7 heteroatoms. The van der Waals surface area contributed by atoms with Crippen LogP contribution in [0.2, 0.25) is 0 Å². The molecule has 2 aromatic rings. The molecule has 0 aliphatic rings. The topological polar surface area (TPSA) is 70.2 Å². The Bertz CT molecular complexity index is 802. The van der Waals surface area contributed by atoms with Crippen molar-refractivity contribution in [2.45, 2.75) is 6.92 Å². The van der Waals surface area contributed by atoms with E-state index in [1.807, 2.05) is 0 Å². The number of carbonyl (C=O) groups excluding carboxylic acids is 2. The number of anilines is 2. The first-order valence-electron chi connectivity index (χ1n) is 7.35. The van der Waals surface area contributed by atoms with Gasteiger partial charge >= 0.3 is 0 Å².